The summed E-state index contributed by atoms with van der Waals surface area (Å²) in [6, 6.07) is 10.6. The van der Waals surface area contributed by atoms with Gasteiger partial charge in [0.05, 0.1) is 7.11 Å². The van der Waals surface area contributed by atoms with Crippen LogP contribution in [-0.2, 0) is 13.6 Å². The minimum atomic E-state index is -0.377. The molecule has 3 rings (SSSR count). The number of pyridine rings is 1. The van der Waals surface area contributed by atoms with Crippen molar-refractivity contribution in [1.29, 1.82) is 0 Å². The fraction of sp³-hybridized carbons (Fsp3) is 0.211. The van der Waals surface area contributed by atoms with E-state index in [0.29, 0.717) is 6.54 Å². The SMILES string of the molecule is COc1ccc(C(NC(=O)NCc2ccncc2)c2nccn2C)cc1. The van der Waals surface area contributed by atoms with E-state index in [2.05, 4.69) is 20.6 Å². The zero-order valence-electron chi connectivity index (χ0n) is 14.7. The summed E-state index contributed by atoms with van der Waals surface area (Å²) in [5.41, 5.74) is 1.90. The highest BCUT2D eigenvalue weighted by molar-refractivity contribution is 5.74. The summed E-state index contributed by atoms with van der Waals surface area (Å²) in [6.07, 6.45) is 6.96. The van der Waals surface area contributed by atoms with Crippen LogP contribution in [0.2, 0.25) is 0 Å². The molecule has 0 fully saturated rings. The number of carbonyl (C=O) groups is 1. The second kappa shape index (κ2) is 8.15. The maximum Gasteiger partial charge on any atom is 0.315 e. The molecule has 0 bridgehead atoms. The summed E-state index contributed by atoms with van der Waals surface area (Å²) in [5, 5.41) is 5.86. The van der Waals surface area contributed by atoms with Crippen molar-refractivity contribution in [2.45, 2.75) is 12.6 Å². The van der Waals surface area contributed by atoms with Gasteiger partial charge in [-0.3, -0.25) is 4.98 Å². The molecule has 0 spiro atoms. The molecule has 0 radical (unpaired) electrons. The number of nitrogens with zero attached hydrogens (tertiary/aromatic N) is 3. The number of carbonyl (C=O) groups excluding carboxylic acids is 1. The van der Waals surface area contributed by atoms with Crippen molar-refractivity contribution in [3.63, 3.8) is 0 Å². The number of amides is 2. The highest BCUT2D eigenvalue weighted by atomic mass is 16.5. The first kappa shape index (κ1) is 17.5. The Bertz CT molecular complexity index is 846. The van der Waals surface area contributed by atoms with Gasteiger partial charge in [-0.25, -0.2) is 9.78 Å². The van der Waals surface area contributed by atoms with Crippen molar-refractivity contribution in [2.24, 2.45) is 7.05 Å². The Morgan fingerprint density at radius 2 is 1.88 bits per heavy atom. The number of ether oxygens (including phenoxy) is 1. The van der Waals surface area contributed by atoms with Gasteiger partial charge in [-0.2, -0.15) is 0 Å². The molecule has 1 atom stereocenters. The maximum atomic E-state index is 12.4. The zero-order chi connectivity index (χ0) is 18.4. The number of rotatable bonds is 6. The van der Waals surface area contributed by atoms with Gasteiger partial charge < -0.3 is 19.9 Å². The number of hydrogen-bond acceptors (Lipinski definition) is 4. The van der Waals surface area contributed by atoms with E-state index in [1.54, 1.807) is 25.7 Å². The van der Waals surface area contributed by atoms with Crippen LogP contribution in [0.15, 0.2) is 61.2 Å². The summed E-state index contributed by atoms with van der Waals surface area (Å²) < 4.78 is 7.09. The Morgan fingerprint density at radius 3 is 2.50 bits per heavy atom. The normalized spacial score (nSPS) is 11.6. The van der Waals surface area contributed by atoms with Gasteiger partial charge in [-0.1, -0.05) is 12.1 Å². The van der Waals surface area contributed by atoms with Crippen molar-refractivity contribution in [1.82, 2.24) is 25.2 Å². The number of hydrogen-bond donors (Lipinski definition) is 2. The van der Waals surface area contributed by atoms with E-state index < -0.39 is 0 Å². The van der Waals surface area contributed by atoms with E-state index in [1.807, 2.05) is 54.2 Å². The minimum absolute atomic E-state index is 0.273. The second-order valence-electron chi connectivity index (χ2n) is 5.78. The van der Waals surface area contributed by atoms with Crippen LogP contribution in [0.3, 0.4) is 0 Å². The van der Waals surface area contributed by atoms with Crippen molar-refractivity contribution in [3.8, 4) is 5.75 Å². The molecule has 1 unspecified atom stereocenters. The highest BCUT2D eigenvalue weighted by Gasteiger charge is 2.20. The molecule has 2 amide bonds. The van der Waals surface area contributed by atoms with Crippen LogP contribution >= 0.6 is 0 Å². The molecular formula is C19H21N5O2. The first-order valence-corrected chi connectivity index (χ1v) is 8.22. The van der Waals surface area contributed by atoms with Crippen molar-refractivity contribution in [2.75, 3.05) is 7.11 Å². The van der Waals surface area contributed by atoms with E-state index >= 15 is 0 Å². The van der Waals surface area contributed by atoms with Crippen LogP contribution in [0, 0.1) is 0 Å². The van der Waals surface area contributed by atoms with Crippen LogP contribution in [-0.4, -0.2) is 27.7 Å². The van der Waals surface area contributed by atoms with Crippen LogP contribution in [0.25, 0.3) is 0 Å². The summed E-state index contributed by atoms with van der Waals surface area (Å²) in [5.74, 6) is 1.50. The third-order valence-corrected chi connectivity index (χ3v) is 4.04. The van der Waals surface area contributed by atoms with Gasteiger partial charge in [0.2, 0.25) is 0 Å². The average Bonchev–Trinajstić information content (AvgIpc) is 3.11. The largest absolute Gasteiger partial charge is 0.497 e. The molecule has 7 heteroatoms. The van der Waals surface area contributed by atoms with Gasteiger partial charge in [-0.15, -0.1) is 0 Å². The lowest BCUT2D eigenvalue weighted by atomic mass is 10.1. The van der Waals surface area contributed by atoms with Crippen LogP contribution in [0.4, 0.5) is 4.79 Å². The maximum absolute atomic E-state index is 12.4. The van der Waals surface area contributed by atoms with Crippen molar-refractivity contribution in [3.05, 3.63) is 78.1 Å². The van der Waals surface area contributed by atoms with E-state index in [0.717, 1.165) is 22.7 Å². The summed E-state index contributed by atoms with van der Waals surface area (Å²) >= 11 is 0. The standard InChI is InChI=1S/C19H21N5O2/c1-24-12-11-21-18(24)17(15-3-5-16(26-2)6-4-15)23-19(25)22-13-14-7-9-20-10-8-14/h3-12,17H,13H2,1-2H3,(H2,22,23,25). The van der Waals surface area contributed by atoms with E-state index in [1.165, 1.54) is 0 Å². The molecule has 0 saturated heterocycles. The van der Waals surface area contributed by atoms with Gasteiger partial charge in [-0.05, 0) is 35.4 Å². The molecule has 0 saturated carbocycles. The topological polar surface area (TPSA) is 81.1 Å². The molecule has 134 valence electrons. The van der Waals surface area contributed by atoms with E-state index in [-0.39, 0.29) is 12.1 Å². The third-order valence-electron chi connectivity index (χ3n) is 4.04. The van der Waals surface area contributed by atoms with Crippen LogP contribution in [0.5, 0.6) is 5.75 Å². The average molecular weight is 351 g/mol. The Kier molecular flexibility index (Phi) is 5.48. The van der Waals surface area contributed by atoms with Gasteiger partial charge in [0.25, 0.3) is 0 Å². The fourth-order valence-electron chi connectivity index (χ4n) is 2.61. The lowest BCUT2D eigenvalue weighted by Gasteiger charge is -2.20. The quantitative estimate of drug-likeness (QED) is 0.715. The second-order valence-corrected chi connectivity index (χ2v) is 5.78. The smallest absolute Gasteiger partial charge is 0.315 e. The Balaban J connectivity index is 1.75. The minimum Gasteiger partial charge on any atom is -0.497 e. The molecule has 0 aliphatic heterocycles. The van der Waals surface area contributed by atoms with Crippen LogP contribution in [0.1, 0.15) is 23.0 Å². The Morgan fingerprint density at radius 1 is 1.15 bits per heavy atom. The van der Waals surface area contributed by atoms with Gasteiger partial charge >= 0.3 is 6.03 Å². The lowest BCUT2D eigenvalue weighted by molar-refractivity contribution is 0.237. The molecule has 2 N–H and O–H groups in total. The first-order valence-electron chi connectivity index (χ1n) is 8.22. The summed E-state index contributed by atoms with van der Waals surface area (Å²) in [6.45, 7) is 0.421. The van der Waals surface area contributed by atoms with Crippen molar-refractivity contribution >= 4 is 6.03 Å². The number of benzene rings is 1. The van der Waals surface area contributed by atoms with Gasteiger partial charge in [0.15, 0.2) is 0 Å². The van der Waals surface area contributed by atoms with Gasteiger partial charge in [0, 0.05) is 38.4 Å². The predicted octanol–water partition coefficient (Wildman–Crippen LogP) is 2.41. The molecule has 2 aromatic heterocycles. The molecule has 0 aliphatic rings. The molecular weight excluding hydrogens is 330 g/mol. The van der Waals surface area contributed by atoms with Gasteiger partial charge in [0.1, 0.15) is 17.6 Å². The summed E-state index contributed by atoms with van der Waals surface area (Å²) in [4.78, 5) is 20.8. The summed E-state index contributed by atoms with van der Waals surface area (Å²) in [7, 11) is 3.52. The molecule has 1 aromatic carbocycles. The Hall–Kier alpha value is -3.35. The molecule has 0 aliphatic carbocycles. The number of nitrogens with one attached hydrogen (secondary N) is 2. The molecule has 26 heavy (non-hydrogen) atoms. The number of aryl methyl sites for hydroxylation is 1. The Labute approximate surface area is 152 Å². The fourth-order valence-corrected chi connectivity index (χ4v) is 2.61. The molecule has 2 heterocycles. The molecule has 7 nitrogen and oxygen atoms in total. The van der Waals surface area contributed by atoms with E-state index in [9.17, 15) is 4.79 Å². The van der Waals surface area contributed by atoms with Crippen molar-refractivity contribution < 1.29 is 9.53 Å². The number of imidazole rings is 1. The number of urea groups is 1. The third kappa shape index (κ3) is 4.18. The monoisotopic (exact) mass is 351 g/mol. The highest BCUT2D eigenvalue weighted by Crippen LogP contribution is 2.22. The lowest BCUT2D eigenvalue weighted by Crippen LogP contribution is -2.38. The predicted molar refractivity (Wildman–Crippen MR) is 97.7 cm³/mol. The van der Waals surface area contributed by atoms with E-state index in [4.69, 9.17) is 4.74 Å². The zero-order valence-corrected chi connectivity index (χ0v) is 14.7. The molecule has 3 aromatic rings. The number of methoxy groups -OCH3 is 1. The van der Waals surface area contributed by atoms with Crippen LogP contribution < -0.4 is 15.4 Å². The number of aromatic nitrogens is 3. The first-order chi connectivity index (χ1) is 12.7.